The Hall–Kier alpha value is -3.49. The van der Waals surface area contributed by atoms with Crippen molar-refractivity contribution in [3.63, 3.8) is 0 Å². The van der Waals surface area contributed by atoms with Crippen LogP contribution in [0.3, 0.4) is 0 Å². The van der Waals surface area contributed by atoms with Crippen molar-refractivity contribution in [3.8, 4) is 22.8 Å². The Morgan fingerprint density at radius 3 is 2.55 bits per heavy atom. The molecule has 8 heteroatoms. The van der Waals surface area contributed by atoms with Gasteiger partial charge in [0.1, 0.15) is 23.5 Å². The quantitative estimate of drug-likeness (QED) is 0.258. The minimum absolute atomic E-state index is 0.0429. The van der Waals surface area contributed by atoms with Crippen LogP contribution in [0.15, 0.2) is 89.7 Å². The number of thioether (sulfide) groups is 1. The van der Waals surface area contributed by atoms with Crippen molar-refractivity contribution in [1.82, 2.24) is 24.8 Å². The molecule has 0 aliphatic rings. The largest absolute Gasteiger partial charge is 0.457 e. The van der Waals surface area contributed by atoms with Crippen LogP contribution in [0, 0.1) is 0 Å². The van der Waals surface area contributed by atoms with E-state index in [1.165, 1.54) is 34.6 Å². The van der Waals surface area contributed by atoms with Gasteiger partial charge in [-0.15, -0.1) is 5.10 Å². The number of rotatable bonds is 8. The molecule has 0 saturated carbocycles. The number of hydrogen-bond acceptors (Lipinski definition) is 7. The van der Waals surface area contributed by atoms with Crippen molar-refractivity contribution in [2.75, 3.05) is 0 Å². The van der Waals surface area contributed by atoms with Crippen molar-refractivity contribution < 1.29 is 4.74 Å². The second kappa shape index (κ2) is 9.97. The first-order valence-corrected chi connectivity index (χ1v) is 12.3. The molecule has 5 aromatic rings. The molecular weight excluding hydrogens is 450 g/mol. The lowest BCUT2D eigenvalue weighted by Gasteiger charge is -2.20. The number of nitrogens with zero attached hydrogens (tertiary/aromatic N) is 4. The molecule has 33 heavy (non-hydrogen) atoms. The Kier molecular flexibility index (Phi) is 6.46. The van der Waals surface area contributed by atoms with Gasteiger partial charge in [0.25, 0.3) is 0 Å². The molecule has 6 nitrogen and oxygen atoms in total. The molecule has 1 N–H and O–H groups in total. The molecule has 0 spiro atoms. The smallest absolute Gasteiger partial charge is 0.184 e. The number of nitrogens with one attached hydrogen (secondary N) is 1. The van der Waals surface area contributed by atoms with Gasteiger partial charge in [-0.05, 0) is 58.9 Å². The predicted molar refractivity (Wildman–Crippen MR) is 132 cm³/mol. The van der Waals surface area contributed by atoms with Gasteiger partial charge in [0.05, 0.1) is 5.25 Å². The SMILES string of the molecule is CCc1cc(Oc2ccccc2)ccc1C(Sc1ncn[nH]1)c1ccc(-c2csnn2)cc1. The molecule has 0 fully saturated rings. The Morgan fingerprint density at radius 1 is 1.00 bits per heavy atom. The molecule has 0 amide bonds. The van der Waals surface area contributed by atoms with Crippen LogP contribution in [-0.2, 0) is 6.42 Å². The number of hydrogen-bond donors (Lipinski definition) is 1. The van der Waals surface area contributed by atoms with E-state index in [9.17, 15) is 0 Å². The molecule has 2 aromatic heterocycles. The summed E-state index contributed by atoms with van der Waals surface area (Å²) < 4.78 is 10.0. The second-order valence-electron chi connectivity index (χ2n) is 7.33. The summed E-state index contributed by atoms with van der Waals surface area (Å²) in [5, 5.41) is 14.0. The maximum atomic E-state index is 6.08. The Balaban J connectivity index is 1.49. The van der Waals surface area contributed by atoms with Crippen LogP contribution in [0.4, 0.5) is 0 Å². The monoisotopic (exact) mass is 471 g/mol. The van der Waals surface area contributed by atoms with Crippen LogP contribution in [0.25, 0.3) is 11.3 Å². The van der Waals surface area contributed by atoms with E-state index in [1.54, 1.807) is 11.8 Å². The molecule has 3 aromatic carbocycles. The van der Waals surface area contributed by atoms with Crippen LogP contribution in [0.5, 0.6) is 11.5 Å². The standard InChI is InChI=1S/C25H21N5OS2/c1-2-17-14-21(31-20-6-4-3-5-7-20)12-13-22(17)24(33-25-26-16-27-29-25)19-10-8-18(9-11-19)23-15-32-30-28-23/h3-16,24H,2H2,1H3,(H,26,27,29). The minimum atomic E-state index is 0.0429. The fourth-order valence-corrected chi connectivity index (χ4v) is 5.18. The Morgan fingerprint density at radius 2 is 1.85 bits per heavy atom. The molecule has 164 valence electrons. The highest BCUT2D eigenvalue weighted by molar-refractivity contribution is 7.99. The summed E-state index contributed by atoms with van der Waals surface area (Å²) in [5.74, 6) is 1.66. The number of ether oxygens (including phenoxy) is 1. The van der Waals surface area contributed by atoms with Gasteiger partial charge in [-0.1, -0.05) is 71.7 Å². The van der Waals surface area contributed by atoms with Crippen LogP contribution < -0.4 is 4.74 Å². The summed E-state index contributed by atoms with van der Waals surface area (Å²) in [6.07, 6.45) is 2.42. The molecule has 0 aliphatic carbocycles. The molecule has 0 aliphatic heterocycles. The van der Waals surface area contributed by atoms with Gasteiger partial charge in [-0.2, -0.15) is 5.10 Å². The summed E-state index contributed by atoms with van der Waals surface area (Å²) >= 11 is 3.00. The van der Waals surface area contributed by atoms with Crippen molar-refractivity contribution in [1.29, 1.82) is 0 Å². The number of aromatic nitrogens is 5. The van der Waals surface area contributed by atoms with Crippen LogP contribution in [0.2, 0.25) is 0 Å². The summed E-state index contributed by atoms with van der Waals surface area (Å²) in [6, 6.07) is 24.7. The molecule has 0 bridgehead atoms. The summed E-state index contributed by atoms with van der Waals surface area (Å²) in [4.78, 5) is 4.35. The highest BCUT2D eigenvalue weighted by Crippen LogP contribution is 2.42. The van der Waals surface area contributed by atoms with Gasteiger partial charge >= 0.3 is 0 Å². The molecule has 0 saturated heterocycles. The third kappa shape index (κ3) is 4.97. The zero-order valence-corrected chi connectivity index (χ0v) is 19.5. The van der Waals surface area contributed by atoms with E-state index in [1.807, 2.05) is 41.8 Å². The maximum Gasteiger partial charge on any atom is 0.184 e. The Labute approximate surface area is 200 Å². The average molecular weight is 472 g/mol. The third-order valence-electron chi connectivity index (χ3n) is 5.25. The number of aromatic amines is 1. The highest BCUT2D eigenvalue weighted by atomic mass is 32.2. The highest BCUT2D eigenvalue weighted by Gasteiger charge is 2.21. The first-order valence-electron chi connectivity index (χ1n) is 10.6. The van der Waals surface area contributed by atoms with Crippen LogP contribution >= 0.6 is 23.3 Å². The van der Waals surface area contributed by atoms with Crippen molar-refractivity contribution in [2.45, 2.75) is 23.8 Å². The van der Waals surface area contributed by atoms with E-state index in [2.05, 4.69) is 68.1 Å². The first-order chi connectivity index (χ1) is 16.3. The fourth-order valence-electron chi connectivity index (χ4n) is 3.63. The van der Waals surface area contributed by atoms with E-state index in [0.717, 1.165) is 34.3 Å². The first kappa shape index (κ1) is 21.4. The van der Waals surface area contributed by atoms with Crippen molar-refractivity contribution >= 4 is 23.3 Å². The predicted octanol–water partition coefficient (Wildman–Crippen LogP) is 6.56. The lowest BCUT2D eigenvalue weighted by Crippen LogP contribution is -2.02. The van der Waals surface area contributed by atoms with E-state index in [4.69, 9.17) is 4.74 Å². The van der Waals surface area contributed by atoms with E-state index < -0.39 is 0 Å². The lowest BCUT2D eigenvalue weighted by atomic mass is 9.96. The van der Waals surface area contributed by atoms with Gasteiger partial charge in [0, 0.05) is 10.9 Å². The second-order valence-corrected chi connectivity index (χ2v) is 9.03. The van der Waals surface area contributed by atoms with Crippen LogP contribution in [-0.4, -0.2) is 24.8 Å². The van der Waals surface area contributed by atoms with Gasteiger partial charge in [0.15, 0.2) is 5.16 Å². The minimum Gasteiger partial charge on any atom is -0.457 e. The summed E-state index contributed by atoms with van der Waals surface area (Å²) in [5.41, 5.74) is 5.58. The van der Waals surface area contributed by atoms with Gasteiger partial charge < -0.3 is 4.74 Å². The van der Waals surface area contributed by atoms with Crippen molar-refractivity contribution in [2.24, 2.45) is 0 Å². The number of aryl methyl sites for hydroxylation is 1. The van der Waals surface area contributed by atoms with E-state index in [-0.39, 0.29) is 5.25 Å². The van der Waals surface area contributed by atoms with E-state index >= 15 is 0 Å². The number of H-pyrrole nitrogens is 1. The number of para-hydroxylation sites is 1. The van der Waals surface area contributed by atoms with Gasteiger partial charge in [-0.25, -0.2) is 4.98 Å². The topological polar surface area (TPSA) is 76.6 Å². The molecule has 0 radical (unpaired) electrons. The molecule has 2 heterocycles. The third-order valence-corrected chi connectivity index (χ3v) is 6.93. The average Bonchev–Trinajstić information content (AvgIpc) is 3.58. The zero-order valence-electron chi connectivity index (χ0n) is 17.9. The fraction of sp³-hybridized carbons (Fsp3) is 0.120. The van der Waals surface area contributed by atoms with Gasteiger partial charge in [0.2, 0.25) is 0 Å². The number of benzene rings is 3. The molecule has 1 atom stereocenters. The van der Waals surface area contributed by atoms with E-state index in [0.29, 0.717) is 0 Å². The summed E-state index contributed by atoms with van der Waals surface area (Å²) in [7, 11) is 0. The van der Waals surface area contributed by atoms with Crippen LogP contribution in [0.1, 0.15) is 28.9 Å². The normalized spacial score (nSPS) is 11.9. The van der Waals surface area contributed by atoms with Gasteiger partial charge in [-0.3, -0.25) is 5.10 Å². The zero-order chi connectivity index (χ0) is 22.5. The summed E-state index contributed by atoms with van der Waals surface area (Å²) in [6.45, 7) is 2.17. The Bertz CT molecular complexity index is 1290. The molecule has 1 unspecified atom stereocenters. The maximum absolute atomic E-state index is 6.08. The molecule has 5 rings (SSSR count). The van der Waals surface area contributed by atoms with Crippen molar-refractivity contribution in [3.05, 3.63) is 101 Å². The lowest BCUT2D eigenvalue weighted by molar-refractivity contribution is 0.482. The molecular formula is C25H21N5OS2.